The normalized spacial score (nSPS) is 11.8. The Bertz CT molecular complexity index is 205. The van der Waals surface area contributed by atoms with E-state index in [1.165, 1.54) is 6.92 Å². The van der Waals surface area contributed by atoms with Gasteiger partial charge < -0.3 is 4.74 Å². The molecule has 0 N–H and O–H groups in total. The van der Waals surface area contributed by atoms with Gasteiger partial charge in [-0.3, -0.25) is 14.5 Å². The summed E-state index contributed by atoms with van der Waals surface area (Å²) in [5.41, 5.74) is 0. The van der Waals surface area contributed by atoms with Crippen molar-refractivity contribution in [3.63, 3.8) is 0 Å². The third kappa shape index (κ3) is 7.33. The van der Waals surface area contributed by atoms with Crippen LogP contribution < -0.4 is 0 Å². The number of ketones is 1. The maximum absolute atomic E-state index is 11.1. The summed E-state index contributed by atoms with van der Waals surface area (Å²) in [6.45, 7) is 8.84. The molecule has 90 valence electrons. The second-order valence-corrected chi connectivity index (χ2v) is 3.19. The van der Waals surface area contributed by atoms with Crippen LogP contribution in [0.3, 0.4) is 0 Å². The van der Waals surface area contributed by atoms with Gasteiger partial charge >= 0.3 is 5.97 Å². The summed E-state index contributed by atoms with van der Waals surface area (Å²) in [6.07, 6.45) is -0.386. The van der Waals surface area contributed by atoms with Crippen molar-refractivity contribution in [2.75, 3.05) is 13.1 Å². The monoisotopic (exact) mass is 237 g/mol. The lowest BCUT2D eigenvalue weighted by Gasteiger charge is -2.25. The lowest BCUT2D eigenvalue weighted by atomic mass is 10.3. The van der Waals surface area contributed by atoms with E-state index >= 15 is 0 Å². The van der Waals surface area contributed by atoms with Gasteiger partial charge in [0, 0.05) is 0 Å². The number of rotatable bonds is 6. The number of hydrogen-bond donors (Lipinski definition) is 0. The van der Waals surface area contributed by atoms with Gasteiger partial charge in [0.15, 0.2) is 6.23 Å². The van der Waals surface area contributed by atoms with Crippen molar-refractivity contribution in [3.8, 4) is 0 Å². The van der Waals surface area contributed by atoms with E-state index in [2.05, 4.69) is 0 Å². The summed E-state index contributed by atoms with van der Waals surface area (Å²) in [4.78, 5) is 23.8. The van der Waals surface area contributed by atoms with E-state index in [1.807, 2.05) is 25.7 Å². The van der Waals surface area contributed by atoms with Crippen LogP contribution in [-0.2, 0) is 14.3 Å². The van der Waals surface area contributed by atoms with Crippen LogP contribution in [0.5, 0.6) is 0 Å². The molecular weight excluding hydrogens is 218 g/mol. The van der Waals surface area contributed by atoms with Crippen molar-refractivity contribution < 1.29 is 14.3 Å². The summed E-state index contributed by atoms with van der Waals surface area (Å²) < 4.78 is 5.07. The Morgan fingerprint density at radius 2 is 1.73 bits per heavy atom. The van der Waals surface area contributed by atoms with E-state index < -0.39 is 5.97 Å². The Hall–Kier alpha value is -0.610. The first-order chi connectivity index (χ1) is 6.51. The van der Waals surface area contributed by atoms with Crippen LogP contribution in [0.1, 0.15) is 34.1 Å². The number of Topliss-reactive ketones (excluding diaryl/α,β-unsaturated/α-hetero) is 1. The van der Waals surface area contributed by atoms with Crippen LogP contribution >= 0.6 is 12.4 Å². The minimum atomic E-state index is -0.447. The molecule has 1 atom stereocenters. The molecule has 0 radical (unpaired) electrons. The quantitative estimate of drug-likeness (QED) is 0.400. The molecular formula is C10H20ClNO3. The summed E-state index contributed by atoms with van der Waals surface area (Å²) in [5.74, 6) is -0.612. The molecule has 0 aromatic rings. The average molecular weight is 238 g/mol. The fraction of sp³-hybridized carbons (Fsp3) is 0.800. The van der Waals surface area contributed by atoms with Crippen LogP contribution in [0.2, 0.25) is 0 Å². The second-order valence-electron chi connectivity index (χ2n) is 3.19. The predicted molar refractivity (Wildman–Crippen MR) is 61.0 cm³/mol. The first-order valence-corrected chi connectivity index (χ1v) is 4.94. The predicted octanol–water partition coefficient (Wildman–Crippen LogP) is 1.62. The van der Waals surface area contributed by atoms with Crippen LogP contribution in [0.4, 0.5) is 0 Å². The standard InChI is InChI=1S/C10H19NO3.ClH/c1-5-11(6-2)9(4)14-10(13)7-8(3)12;/h9H,5-7H2,1-4H3;1H. The Morgan fingerprint density at radius 1 is 1.27 bits per heavy atom. The molecule has 0 bridgehead atoms. The lowest BCUT2D eigenvalue weighted by Crippen LogP contribution is -2.36. The van der Waals surface area contributed by atoms with E-state index in [0.717, 1.165) is 13.1 Å². The molecule has 0 heterocycles. The Morgan fingerprint density at radius 3 is 2.07 bits per heavy atom. The molecule has 0 fully saturated rings. The van der Waals surface area contributed by atoms with E-state index in [0.29, 0.717) is 0 Å². The topological polar surface area (TPSA) is 46.6 Å². The molecule has 5 heteroatoms. The molecule has 0 aliphatic heterocycles. The zero-order valence-electron chi connectivity index (χ0n) is 9.78. The second kappa shape index (κ2) is 8.68. The van der Waals surface area contributed by atoms with Crippen molar-refractivity contribution in [2.45, 2.75) is 40.3 Å². The maximum Gasteiger partial charge on any atom is 0.314 e. The van der Waals surface area contributed by atoms with E-state index in [9.17, 15) is 9.59 Å². The van der Waals surface area contributed by atoms with E-state index in [4.69, 9.17) is 4.74 Å². The SMILES string of the molecule is CCN(CC)C(C)OC(=O)CC(C)=O.Cl. The van der Waals surface area contributed by atoms with Crippen LogP contribution in [0.25, 0.3) is 0 Å². The van der Waals surface area contributed by atoms with Gasteiger partial charge in [-0.1, -0.05) is 13.8 Å². The van der Waals surface area contributed by atoms with Gasteiger partial charge in [0.25, 0.3) is 0 Å². The first kappa shape index (κ1) is 16.8. The number of ether oxygens (including phenoxy) is 1. The van der Waals surface area contributed by atoms with Crippen molar-refractivity contribution in [1.82, 2.24) is 4.90 Å². The summed E-state index contributed by atoms with van der Waals surface area (Å²) >= 11 is 0. The molecule has 0 rings (SSSR count). The molecule has 0 amide bonds. The van der Waals surface area contributed by atoms with Gasteiger partial charge in [0.05, 0.1) is 0 Å². The highest BCUT2D eigenvalue weighted by Crippen LogP contribution is 2.02. The van der Waals surface area contributed by atoms with Gasteiger partial charge in [0.2, 0.25) is 0 Å². The number of halogens is 1. The Kier molecular flexibility index (Phi) is 9.72. The number of esters is 1. The largest absolute Gasteiger partial charge is 0.446 e. The van der Waals surface area contributed by atoms with Gasteiger partial charge in [-0.25, -0.2) is 0 Å². The number of hydrogen-bond acceptors (Lipinski definition) is 4. The van der Waals surface area contributed by atoms with Crippen LogP contribution in [0.15, 0.2) is 0 Å². The van der Waals surface area contributed by atoms with E-state index in [1.54, 1.807) is 0 Å². The number of carbonyl (C=O) groups excluding carboxylic acids is 2. The maximum atomic E-state index is 11.1. The smallest absolute Gasteiger partial charge is 0.314 e. The lowest BCUT2D eigenvalue weighted by molar-refractivity contribution is -0.158. The molecule has 0 saturated heterocycles. The number of nitrogens with zero attached hydrogens (tertiary/aromatic N) is 1. The molecule has 0 spiro atoms. The Labute approximate surface area is 97.4 Å². The Balaban J connectivity index is 0. The third-order valence-corrected chi connectivity index (χ3v) is 2.02. The minimum absolute atomic E-state index is 0. The average Bonchev–Trinajstić information content (AvgIpc) is 2.04. The van der Waals surface area contributed by atoms with Gasteiger partial charge in [-0.2, -0.15) is 0 Å². The summed E-state index contributed by atoms with van der Waals surface area (Å²) in [5, 5.41) is 0. The number of carbonyl (C=O) groups is 2. The van der Waals surface area contributed by atoms with Crippen molar-refractivity contribution in [3.05, 3.63) is 0 Å². The third-order valence-electron chi connectivity index (χ3n) is 2.02. The fourth-order valence-corrected chi connectivity index (χ4v) is 1.25. The minimum Gasteiger partial charge on any atom is -0.446 e. The molecule has 0 aromatic heterocycles. The van der Waals surface area contributed by atoms with Crippen molar-refractivity contribution >= 4 is 24.2 Å². The summed E-state index contributed by atoms with van der Waals surface area (Å²) in [6, 6.07) is 0. The van der Waals surface area contributed by atoms with E-state index in [-0.39, 0.29) is 30.8 Å². The van der Waals surface area contributed by atoms with Crippen molar-refractivity contribution in [2.24, 2.45) is 0 Å². The molecule has 0 saturated carbocycles. The molecule has 0 aliphatic rings. The first-order valence-electron chi connectivity index (χ1n) is 4.94. The molecule has 1 unspecified atom stereocenters. The van der Waals surface area contributed by atoms with Crippen LogP contribution in [0, 0.1) is 0 Å². The molecule has 0 aromatic carbocycles. The summed E-state index contributed by atoms with van der Waals surface area (Å²) in [7, 11) is 0. The van der Waals surface area contributed by atoms with Gasteiger partial charge in [-0.05, 0) is 26.9 Å². The van der Waals surface area contributed by atoms with Crippen LogP contribution in [-0.4, -0.2) is 36.0 Å². The molecule has 15 heavy (non-hydrogen) atoms. The zero-order valence-corrected chi connectivity index (χ0v) is 10.6. The van der Waals surface area contributed by atoms with Gasteiger partial charge in [0.1, 0.15) is 12.2 Å². The highest BCUT2D eigenvalue weighted by molar-refractivity contribution is 5.94. The highest BCUT2D eigenvalue weighted by atomic mass is 35.5. The fourth-order valence-electron chi connectivity index (χ4n) is 1.25. The van der Waals surface area contributed by atoms with Crippen molar-refractivity contribution in [1.29, 1.82) is 0 Å². The molecule has 4 nitrogen and oxygen atoms in total. The van der Waals surface area contributed by atoms with Gasteiger partial charge in [-0.15, -0.1) is 12.4 Å². The zero-order chi connectivity index (χ0) is 11.1. The highest BCUT2D eigenvalue weighted by Gasteiger charge is 2.15. The molecule has 0 aliphatic carbocycles.